The summed E-state index contributed by atoms with van der Waals surface area (Å²) in [5.41, 5.74) is 1.20. The number of carbonyl (C=O) groups excluding carboxylic acids is 1. The molecule has 38 heavy (non-hydrogen) atoms. The van der Waals surface area contributed by atoms with Crippen molar-refractivity contribution in [3.63, 3.8) is 0 Å². The lowest BCUT2D eigenvalue weighted by atomic mass is 9.81. The summed E-state index contributed by atoms with van der Waals surface area (Å²) in [5.74, 6) is -0.269. The normalized spacial score (nSPS) is 20.6. The fourth-order valence-corrected chi connectivity index (χ4v) is 5.45. The standard InChI is InChI=1S/C22H30N6O2.2C2H4O2/c29-21(26-8-5-20-24-9-10-25-20)18-1-2-19-16-11-15(13-28(19)22(18)30)12-27(14-16)17-3-6-23-7-4-17;2*1-2(3)4/h1-2,9-10,15-17,23H,3-8,11-14H2,(H,24,25)(H,26,29);2*1H3,(H,3,4)/t15-,16+;;/m0../s1. The maximum absolute atomic E-state index is 13.1. The highest BCUT2D eigenvalue weighted by molar-refractivity contribution is 5.93. The number of carboxylic acids is 2. The van der Waals surface area contributed by atoms with E-state index in [4.69, 9.17) is 19.8 Å². The number of pyridine rings is 1. The summed E-state index contributed by atoms with van der Waals surface area (Å²) >= 11 is 0. The predicted octanol–water partition coefficient (Wildman–Crippen LogP) is 0.897. The highest BCUT2D eigenvalue weighted by atomic mass is 16.4. The molecule has 0 aliphatic carbocycles. The van der Waals surface area contributed by atoms with Gasteiger partial charge in [-0.2, -0.15) is 0 Å². The fourth-order valence-electron chi connectivity index (χ4n) is 5.45. The Hall–Kier alpha value is -3.51. The summed E-state index contributed by atoms with van der Waals surface area (Å²) < 4.78 is 1.88. The summed E-state index contributed by atoms with van der Waals surface area (Å²) in [6.07, 6.45) is 7.64. The van der Waals surface area contributed by atoms with Crippen LogP contribution in [0.25, 0.3) is 0 Å². The van der Waals surface area contributed by atoms with Crippen LogP contribution >= 0.6 is 0 Å². The van der Waals surface area contributed by atoms with E-state index in [1.165, 1.54) is 12.8 Å². The smallest absolute Gasteiger partial charge is 0.300 e. The molecule has 5 N–H and O–H groups in total. The molecule has 5 heterocycles. The number of hydrogen-bond acceptors (Lipinski definition) is 7. The summed E-state index contributed by atoms with van der Waals surface area (Å²) in [6.45, 7) is 7.63. The maximum Gasteiger partial charge on any atom is 0.300 e. The third-order valence-corrected chi connectivity index (χ3v) is 6.90. The number of fused-ring (bicyclic) bond motifs is 4. The first-order valence-corrected chi connectivity index (χ1v) is 13.0. The van der Waals surface area contributed by atoms with Crippen LogP contribution in [0.3, 0.4) is 0 Å². The molecule has 2 aromatic rings. The molecule has 0 radical (unpaired) electrons. The molecule has 1 amide bonds. The largest absolute Gasteiger partial charge is 0.481 e. The number of nitrogens with one attached hydrogen (secondary N) is 3. The molecule has 2 bridgehead atoms. The van der Waals surface area contributed by atoms with Gasteiger partial charge in [0.1, 0.15) is 11.4 Å². The van der Waals surface area contributed by atoms with E-state index in [-0.39, 0.29) is 17.0 Å². The third-order valence-electron chi connectivity index (χ3n) is 6.90. The van der Waals surface area contributed by atoms with Gasteiger partial charge in [0, 0.05) is 76.5 Å². The Kier molecular flexibility index (Phi) is 10.6. The van der Waals surface area contributed by atoms with Crippen LogP contribution in [0, 0.1) is 5.92 Å². The summed E-state index contributed by atoms with van der Waals surface area (Å²) in [4.78, 5) is 53.6. The number of piperidine rings is 2. The van der Waals surface area contributed by atoms with Gasteiger partial charge in [0.2, 0.25) is 0 Å². The second-order valence-electron chi connectivity index (χ2n) is 9.90. The second-order valence-corrected chi connectivity index (χ2v) is 9.90. The molecule has 12 heteroatoms. The monoisotopic (exact) mass is 530 g/mol. The minimum absolute atomic E-state index is 0.145. The Labute approximate surface area is 221 Å². The Bertz CT molecular complexity index is 1120. The summed E-state index contributed by atoms with van der Waals surface area (Å²) in [6, 6.07) is 4.39. The van der Waals surface area contributed by atoms with E-state index in [9.17, 15) is 9.59 Å². The molecular weight excluding hydrogens is 492 g/mol. The lowest BCUT2D eigenvalue weighted by Crippen LogP contribution is -2.53. The first kappa shape index (κ1) is 29.1. The van der Waals surface area contributed by atoms with Gasteiger partial charge in [-0.25, -0.2) is 4.98 Å². The maximum atomic E-state index is 13.1. The van der Waals surface area contributed by atoms with Crippen LogP contribution < -0.4 is 16.2 Å². The molecule has 2 saturated heterocycles. The molecule has 3 aliphatic rings. The molecule has 0 saturated carbocycles. The lowest BCUT2D eigenvalue weighted by Gasteiger charge is -2.46. The van der Waals surface area contributed by atoms with Crippen molar-refractivity contribution in [1.82, 2.24) is 30.1 Å². The number of aromatic amines is 1. The van der Waals surface area contributed by atoms with Crippen molar-refractivity contribution in [3.05, 3.63) is 52.0 Å². The Morgan fingerprint density at radius 1 is 1.08 bits per heavy atom. The number of imidazole rings is 1. The molecule has 0 aromatic carbocycles. The number of aliphatic carboxylic acids is 2. The molecular formula is C26H38N6O6. The summed E-state index contributed by atoms with van der Waals surface area (Å²) in [5, 5.41) is 21.1. The molecule has 0 spiro atoms. The van der Waals surface area contributed by atoms with Gasteiger partial charge in [-0.05, 0) is 50.4 Å². The average Bonchev–Trinajstić information content (AvgIpc) is 3.38. The van der Waals surface area contributed by atoms with Gasteiger partial charge in [0.15, 0.2) is 0 Å². The number of carbonyl (C=O) groups is 3. The number of rotatable bonds is 5. The van der Waals surface area contributed by atoms with Crippen LogP contribution in [0.2, 0.25) is 0 Å². The molecule has 12 nitrogen and oxygen atoms in total. The molecule has 3 aliphatic heterocycles. The summed E-state index contributed by atoms with van der Waals surface area (Å²) in [7, 11) is 0. The zero-order valence-electron chi connectivity index (χ0n) is 22.0. The van der Waals surface area contributed by atoms with Gasteiger partial charge in [0.25, 0.3) is 23.4 Å². The van der Waals surface area contributed by atoms with Gasteiger partial charge >= 0.3 is 0 Å². The number of likely N-dealkylation sites (tertiary alicyclic amines) is 1. The highest BCUT2D eigenvalue weighted by Crippen LogP contribution is 2.36. The van der Waals surface area contributed by atoms with Crippen LogP contribution in [0.1, 0.15) is 60.9 Å². The van der Waals surface area contributed by atoms with Crippen molar-refractivity contribution >= 4 is 17.8 Å². The lowest BCUT2D eigenvalue weighted by molar-refractivity contribution is -0.135. The fraction of sp³-hybridized carbons (Fsp3) is 0.577. The van der Waals surface area contributed by atoms with Crippen LogP contribution in [0.5, 0.6) is 0 Å². The third kappa shape index (κ3) is 8.25. The first-order chi connectivity index (χ1) is 18.2. The molecule has 2 atom stereocenters. The van der Waals surface area contributed by atoms with Gasteiger partial charge in [-0.1, -0.05) is 0 Å². The number of amides is 1. The van der Waals surface area contributed by atoms with Gasteiger partial charge in [-0.3, -0.25) is 24.1 Å². The molecule has 208 valence electrons. The van der Waals surface area contributed by atoms with Crippen LogP contribution in [0.15, 0.2) is 29.3 Å². The van der Waals surface area contributed by atoms with E-state index in [1.807, 2.05) is 10.6 Å². The number of hydrogen-bond donors (Lipinski definition) is 5. The molecule has 0 unspecified atom stereocenters. The van der Waals surface area contributed by atoms with Crippen molar-refractivity contribution < 1.29 is 24.6 Å². The molecule has 5 rings (SSSR count). The minimum Gasteiger partial charge on any atom is -0.481 e. The van der Waals surface area contributed by atoms with Crippen molar-refractivity contribution in [2.45, 2.75) is 58.0 Å². The van der Waals surface area contributed by atoms with Gasteiger partial charge < -0.3 is 30.4 Å². The van der Waals surface area contributed by atoms with Crippen LogP contribution in [0.4, 0.5) is 0 Å². The van der Waals surface area contributed by atoms with Crippen molar-refractivity contribution in [2.24, 2.45) is 5.92 Å². The van der Waals surface area contributed by atoms with E-state index in [2.05, 4.69) is 25.5 Å². The number of aromatic nitrogens is 3. The molecule has 2 aromatic heterocycles. The predicted molar refractivity (Wildman–Crippen MR) is 140 cm³/mol. The first-order valence-electron chi connectivity index (χ1n) is 13.0. The Morgan fingerprint density at radius 3 is 2.39 bits per heavy atom. The zero-order chi connectivity index (χ0) is 27.7. The van der Waals surface area contributed by atoms with E-state index in [1.54, 1.807) is 18.5 Å². The number of nitrogens with zero attached hydrogens (tertiary/aromatic N) is 3. The van der Waals surface area contributed by atoms with Crippen LogP contribution in [-0.4, -0.2) is 86.3 Å². The number of H-pyrrole nitrogens is 1. The van der Waals surface area contributed by atoms with E-state index < -0.39 is 11.9 Å². The number of carboxylic acid groups (broad SMARTS) is 2. The second kappa shape index (κ2) is 13.9. The Balaban J connectivity index is 0.000000443. The van der Waals surface area contributed by atoms with Gasteiger partial charge in [0.05, 0.1) is 0 Å². The SMILES string of the molecule is CC(=O)O.CC(=O)O.O=C(NCCc1ncc[nH]1)c1ccc2n(c1=O)C[C@H]1C[C@@H]2CN(C2CCNCC2)C1. The van der Waals surface area contributed by atoms with E-state index in [0.29, 0.717) is 30.8 Å². The van der Waals surface area contributed by atoms with Crippen LogP contribution in [-0.2, 0) is 22.6 Å². The quantitative estimate of drug-likeness (QED) is 0.377. The van der Waals surface area contributed by atoms with Crippen molar-refractivity contribution in [1.29, 1.82) is 0 Å². The Morgan fingerprint density at radius 2 is 1.76 bits per heavy atom. The van der Waals surface area contributed by atoms with Crippen molar-refractivity contribution in [3.8, 4) is 0 Å². The highest BCUT2D eigenvalue weighted by Gasteiger charge is 2.37. The van der Waals surface area contributed by atoms with E-state index in [0.717, 1.165) is 64.5 Å². The zero-order valence-corrected chi connectivity index (χ0v) is 22.0. The van der Waals surface area contributed by atoms with Crippen molar-refractivity contribution in [2.75, 3.05) is 32.7 Å². The topological polar surface area (TPSA) is 170 Å². The molecule has 2 fully saturated rings. The average molecular weight is 531 g/mol. The van der Waals surface area contributed by atoms with Gasteiger partial charge in [-0.15, -0.1) is 0 Å². The van der Waals surface area contributed by atoms with E-state index >= 15 is 0 Å². The minimum atomic E-state index is -0.833.